The smallest absolute Gasteiger partial charge is 0.304 e. The first-order chi connectivity index (χ1) is 13.5. The summed E-state index contributed by atoms with van der Waals surface area (Å²) in [5.41, 5.74) is 2.60. The lowest BCUT2D eigenvalue weighted by Crippen LogP contribution is -2.23. The van der Waals surface area contributed by atoms with Crippen molar-refractivity contribution in [1.82, 2.24) is 14.5 Å². The summed E-state index contributed by atoms with van der Waals surface area (Å²) in [4.78, 5) is 32.2. The highest BCUT2D eigenvalue weighted by Crippen LogP contribution is 2.19. The van der Waals surface area contributed by atoms with Crippen molar-refractivity contribution in [1.29, 1.82) is 0 Å². The fraction of sp³-hybridized carbons (Fsp3) is 0.190. The molecule has 0 amide bonds. The number of fused-ring (bicyclic) bond motifs is 1. The van der Waals surface area contributed by atoms with Crippen molar-refractivity contribution in [2.75, 3.05) is 0 Å². The minimum atomic E-state index is -0.0830. The molecular formula is C21H19N3O3S. The van der Waals surface area contributed by atoms with Gasteiger partial charge in [-0.3, -0.25) is 14.2 Å². The van der Waals surface area contributed by atoms with Gasteiger partial charge in [-0.05, 0) is 36.8 Å². The lowest BCUT2D eigenvalue weighted by atomic mass is 10.1. The second kappa shape index (κ2) is 7.44. The Bertz CT molecular complexity index is 1250. The topological polar surface area (TPSA) is 77.0 Å². The lowest BCUT2D eigenvalue weighted by Gasteiger charge is -2.11. The minimum Gasteiger partial charge on any atom is -0.486 e. The second-order valence-electron chi connectivity index (χ2n) is 6.58. The van der Waals surface area contributed by atoms with Crippen LogP contribution < -0.4 is 15.2 Å². The summed E-state index contributed by atoms with van der Waals surface area (Å²) in [6.07, 6.45) is 0.705. The molecule has 4 aromatic rings. The van der Waals surface area contributed by atoms with Crippen molar-refractivity contribution in [3.05, 3.63) is 90.5 Å². The van der Waals surface area contributed by atoms with Gasteiger partial charge in [0.2, 0.25) is 0 Å². The number of H-pyrrole nitrogens is 1. The summed E-state index contributed by atoms with van der Waals surface area (Å²) < 4.78 is 7.36. The number of nitrogens with zero attached hydrogens (tertiary/aromatic N) is 2. The molecule has 7 heteroatoms. The number of aryl methyl sites for hydroxylation is 1. The van der Waals surface area contributed by atoms with Crippen LogP contribution in [0, 0.1) is 6.92 Å². The van der Waals surface area contributed by atoms with E-state index in [0.29, 0.717) is 28.9 Å². The quantitative estimate of drug-likeness (QED) is 0.565. The molecule has 0 aliphatic carbocycles. The second-order valence-corrected chi connectivity index (χ2v) is 7.65. The van der Waals surface area contributed by atoms with Gasteiger partial charge in [0, 0.05) is 24.0 Å². The summed E-state index contributed by atoms with van der Waals surface area (Å²) in [5.74, 6) is 1.27. The first-order valence-corrected chi connectivity index (χ1v) is 9.68. The van der Waals surface area contributed by atoms with E-state index >= 15 is 0 Å². The van der Waals surface area contributed by atoms with Gasteiger partial charge in [-0.25, -0.2) is 4.98 Å². The van der Waals surface area contributed by atoms with E-state index < -0.39 is 0 Å². The highest BCUT2D eigenvalue weighted by Gasteiger charge is 2.09. The van der Waals surface area contributed by atoms with Crippen molar-refractivity contribution in [2.24, 2.45) is 7.05 Å². The zero-order valence-corrected chi connectivity index (χ0v) is 16.4. The zero-order chi connectivity index (χ0) is 19.7. The summed E-state index contributed by atoms with van der Waals surface area (Å²) >= 11 is 1.24. The van der Waals surface area contributed by atoms with Crippen LogP contribution in [0.25, 0.3) is 10.9 Å². The standard InChI is InChI=1S/C21H19N3O3S/c1-13-18(28-21(26)22-13)11-14-7-9-15(10-8-14)27-12-19-23-17-6-4-3-5-16(17)20(25)24(19)2/h3-10H,11-12H2,1-2H3,(H,22,26). The molecule has 6 nitrogen and oxygen atoms in total. The molecule has 0 atom stereocenters. The molecule has 0 radical (unpaired) electrons. The van der Waals surface area contributed by atoms with Gasteiger partial charge in [0.15, 0.2) is 0 Å². The average Bonchev–Trinajstić information content (AvgIpc) is 3.01. The number of benzene rings is 2. The molecular weight excluding hydrogens is 374 g/mol. The van der Waals surface area contributed by atoms with Gasteiger partial charge < -0.3 is 9.72 Å². The van der Waals surface area contributed by atoms with E-state index in [0.717, 1.165) is 16.1 Å². The SMILES string of the molecule is Cc1[nH]c(=O)sc1Cc1ccc(OCc2nc3ccccc3c(=O)n2C)cc1. The van der Waals surface area contributed by atoms with Crippen molar-refractivity contribution < 1.29 is 4.74 Å². The van der Waals surface area contributed by atoms with Gasteiger partial charge in [0.25, 0.3) is 5.56 Å². The van der Waals surface area contributed by atoms with Crippen LogP contribution in [0.4, 0.5) is 0 Å². The Kier molecular flexibility index (Phi) is 4.83. The maximum Gasteiger partial charge on any atom is 0.304 e. The van der Waals surface area contributed by atoms with E-state index in [1.165, 1.54) is 15.9 Å². The van der Waals surface area contributed by atoms with Gasteiger partial charge in [0.05, 0.1) is 10.9 Å². The predicted octanol–water partition coefficient (Wildman–Crippen LogP) is 3.16. The molecule has 0 aliphatic rings. The van der Waals surface area contributed by atoms with Crippen LogP contribution in [-0.4, -0.2) is 14.5 Å². The number of hydrogen-bond donors (Lipinski definition) is 1. The van der Waals surface area contributed by atoms with Crippen LogP contribution in [0.1, 0.15) is 22.0 Å². The summed E-state index contributed by atoms with van der Waals surface area (Å²) in [6, 6.07) is 15.0. The number of rotatable bonds is 5. The Morgan fingerprint density at radius 2 is 1.86 bits per heavy atom. The highest BCUT2D eigenvalue weighted by atomic mass is 32.1. The monoisotopic (exact) mass is 393 g/mol. The number of para-hydroxylation sites is 1. The van der Waals surface area contributed by atoms with Crippen LogP contribution in [0.2, 0.25) is 0 Å². The molecule has 28 heavy (non-hydrogen) atoms. The van der Waals surface area contributed by atoms with E-state index in [-0.39, 0.29) is 17.0 Å². The molecule has 0 unspecified atom stereocenters. The highest BCUT2D eigenvalue weighted by molar-refractivity contribution is 7.09. The number of thiazole rings is 1. The molecule has 0 saturated heterocycles. The van der Waals surface area contributed by atoms with Crippen molar-refractivity contribution in [3.63, 3.8) is 0 Å². The fourth-order valence-corrected chi connectivity index (χ4v) is 3.91. The Morgan fingerprint density at radius 3 is 2.57 bits per heavy atom. The Balaban J connectivity index is 1.49. The van der Waals surface area contributed by atoms with E-state index in [9.17, 15) is 9.59 Å². The molecule has 0 saturated carbocycles. The average molecular weight is 393 g/mol. The molecule has 0 bridgehead atoms. The van der Waals surface area contributed by atoms with Crippen molar-refractivity contribution in [2.45, 2.75) is 20.0 Å². The lowest BCUT2D eigenvalue weighted by molar-refractivity contribution is 0.289. The van der Waals surface area contributed by atoms with Gasteiger partial charge in [-0.2, -0.15) is 0 Å². The van der Waals surface area contributed by atoms with E-state index in [1.54, 1.807) is 13.1 Å². The van der Waals surface area contributed by atoms with Gasteiger partial charge >= 0.3 is 4.87 Å². The van der Waals surface area contributed by atoms with Gasteiger partial charge in [0.1, 0.15) is 18.2 Å². The zero-order valence-electron chi connectivity index (χ0n) is 15.6. The van der Waals surface area contributed by atoms with Gasteiger partial charge in [-0.1, -0.05) is 35.6 Å². The third-order valence-electron chi connectivity index (χ3n) is 4.66. The maximum absolute atomic E-state index is 12.5. The van der Waals surface area contributed by atoms with Crippen LogP contribution in [0.15, 0.2) is 58.1 Å². The summed E-state index contributed by atoms with van der Waals surface area (Å²) in [7, 11) is 1.70. The molecule has 0 fully saturated rings. The number of nitrogens with one attached hydrogen (secondary N) is 1. The third-order valence-corrected chi connectivity index (χ3v) is 5.64. The molecule has 1 N–H and O–H groups in total. The minimum absolute atomic E-state index is 0.0269. The van der Waals surface area contributed by atoms with Crippen molar-refractivity contribution in [3.8, 4) is 5.75 Å². The molecule has 4 rings (SSSR count). The Labute approximate surface area is 165 Å². The maximum atomic E-state index is 12.5. The third kappa shape index (κ3) is 3.61. The fourth-order valence-electron chi connectivity index (χ4n) is 3.04. The van der Waals surface area contributed by atoms with E-state index in [4.69, 9.17) is 4.74 Å². The predicted molar refractivity (Wildman–Crippen MR) is 110 cm³/mol. The molecule has 0 spiro atoms. The number of aromatic amines is 1. The van der Waals surface area contributed by atoms with Gasteiger partial charge in [-0.15, -0.1) is 0 Å². The Hall–Kier alpha value is -3.19. The molecule has 2 aromatic heterocycles. The molecule has 2 aromatic carbocycles. The van der Waals surface area contributed by atoms with Crippen LogP contribution >= 0.6 is 11.3 Å². The van der Waals surface area contributed by atoms with Crippen LogP contribution in [-0.2, 0) is 20.1 Å². The normalized spacial score (nSPS) is 11.1. The number of hydrogen-bond acceptors (Lipinski definition) is 5. The first kappa shape index (κ1) is 18.2. The molecule has 142 valence electrons. The summed E-state index contributed by atoms with van der Waals surface area (Å²) in [5, 5.41) is 0.598. The van der Waals surface area contributed by atoms with E-state index in [2.05, 4.69) is 9.97 Å². The molecule has 0 aliphatic heterocycles. The number of aromatic nitrogens is 3. The molecule has 2 heterocycles. The Morgan fingerprint density at radius 1 is 1.11 bits per heavy atom. The van der Waals surface area contributed by atoms with Crippen LogP contribution in [0.3, 0.4) is 0 Å². The van der Waals surface area contributed by atoms with Crippen molar-refractivity contribution >= 4 is 22.2 Å². The largest absolute Gasteiger partial charge is 0.486 e. The van der Waals surface area contributed by atoms with E-state index in [1.807, 2.05) is 49.4 Å². The number of ether oxygens (including phenoxy) is 1. The summed E-state index contributed by atoms with van der Waals surface area (Å²) in [6.45, 7) is 2.11. The van der Waals surface area contributed by atoms with Crippen LogP contribution in [0.5, 0.6) is 5.75 Å². The first-order valence-electron chi connectivity index (χ1n) is 8.86.